The van der Waals surface area contributed by atoms with E-state index in [-0.39, 0.29) is 17.1 Å². The van der Waals surface area contributed by atoms with Gasteiger partial charge in [0.2, 0.25) is 0 Å². The Balaban J connectivity index is 1.92. The van der Waals surface area contributed by atoms with Gasteiger partial charge in [0.1, 0.15) is 5.92 Å². The molecule has 2 aliphatic rings. The van der Waals surface area contributed by atoms with Gasteiger partial charge < -0.3 is 0 Å². The largest absolute Gasteiger partial charge is 0.324 e. The fourth-order valence-electron chi connectivity index (χ4n) is 2.15. The second kappa shape index (κ2) is 4.90. The van der Waals surface area contributed by atoms with E-state index in [0.29, 0.717) is 12.3 Å². The van der Waals surface area contributed by atoms with Gasteiger partial charge in [-0.05, 0) is 12.1 Å². The van der Waals surface area contributed by atoms with Crippen LogP contribution in [0.4, 0.5) is 5.00 Å². The van der Waals surface area contributed by atoms with Crippen LogP contribution in [0, 0.1) is 27.4 Å². The number of hydrazine groups is 1. The number of nitro groups is 1. The molecular weight excluding hydrogens is 298 g/mol. The average molecular weight is 307 g/mol. The van der Waals surface area contributed by atoms with E-state index in [1.165, 1.54) is 6.07 Å². The van der Waals surface area contributed by atoms with Gasteiger partial charge in [0, 0.05) is 18.8 Å². The lowest BCUT2D eigenvalue weighted by Crippen LogP contribution is -2.34. The minimum Gasteiger partial charge on any atom is -0.278 e. The summed E-state index contributed by atoms with van der Waals surface area (Å²) in [7, 11) is 0. The zero-order chi connectivity index (χ0) is 14.3. The van der Waals surface area contributed by atoms with Gasteiger partial charge in [0.15, 0.2) is 6.17 Å². The molecule has 0 N–H and O–H groups in total. The molecule has 0 aromatic carbocycles. The highest BCUT2D eigenvalue weighted by molar-refractivity contribution is 7.77. The van der Waals surface area contributed by atoms with Crippen LogP contribution in [0.2, 0.25) is 0 Å². The molecule has 3 heterocycles. The van der Waals surface area contributed by atoms with Crippen molar-refractivity contribution in [2.45, 2.75) is 6.17 Å². The van der Waals surface area contributed by atoms with Crippen LogP contribution in [0.25, 0.3) is 0 Å². The van der Waals surface area contributed by atoms with Crippen LogP contribution in [0.3, 0.4) is 0 Å². The first-order valence-corrected chi connectivity index (χ1v) is 6.96. The summed E-state index contributed by atoms with van der Waals surface area (Å²) in [4.78, 5) is 15.5. The van der Waals surface area contributed by atoms with E-state index < -0.39 is 4.92 Å². The summed E-state index contributed by atoms with van der Waals surface area (Å²) in [6.45, 7) is 0.496. The number of rotatable bonds is 2. The highest BCUT2D eigenvalue weighted by atomic mass is 32.1. The van der Waals surface area contributed by atoms with Crippen molar-refractivity contribution in [3.05, 3.63) is 39.4 Å². The number of hydrogen-bond acceptors (Lipinski definition) is 8. The van der Waals surface area contributed by atoms with E-state index in [9.17, 15) is 10.1 Å². The van der Waals surface area contributed by atoms with Gasteiger partial charge in [0.05, 0.1) is 21.6 Å². The molecule has 1 aromatic rings. The third-order valence-electron chi connectivity index (χ3n) is 3.10. The van der Waals surface area contributed by atoms with Crippen LogP contribution in [0.5, 0.6) is 0 Å². The second-order valence-electron chi connectivity index (χ2n) is 4.31. The van der Waals surface area contributed by atoms with Crippen molar-refractivity contribution in [2.24, 2.45) is 10.9 Å². The minimum absolute atomic E-state index is 0.0811. The molecule has 9 heteroatoms. The molecule has 1 aromatic heterocycles. The van der Waals surface area contributed by atoms with Crippen LogP contribution < -0.4 is 0 Å². The van der Waals surface area contributed by atoms with E-state index in [4.69, 9.17) is 5.26 Å². The zero-order valence-electron chi connectivity index (χ0n) is 10.1. The molecule has 0 radical (unpaired) electrons. The first-order chi connectivity index (χ1) is 9.60. The minimum atomic E-state index is -0.420. The fraction of sp³-hybridized carbons (Fsp3) is 0.273. The molecule has 20 heavy (non-hydrogen) atoms. The van der Waals surface area contributed by atoms with Crippen molar-refractivity contribution in [3.8, 4) is 6.07 Å². The maximum Gasteiger partial charge on any atom is 0.324 e. The number of thiophene rings is 1. The smallest absolute Gasteiger partial charge is 0.278 e. The number of allylic oxidation sites excluding steroid dienone is 1. The van der Waals surface area contributed by atoms with Crippen molar-refractivity contribution >= 4 is 34.9 Å². The predicted octanol–water partition coefficient (Wildman–Crippen LogP) is 1.82. The predicted molar refractivity (Wildman–Crippen MR) is 77.1 cm³/mol. The van der Waals surface area contributed by atoms with Gasteiger partial charge in [-0.3, -0.25) is 20.1 Å². The number of thiol groups is 1. The van der Waals surface area contributed by atoms with Crippen LogP contribution >= 0.6 is 24.2 Å². The first kappa shape index (κ1) is 13.1. The van der Waals surface area contributed by atoms with Gasteiger partial charge in [-0.25, -0.2) is 0 Å². The summed E-state index contributed by atoms with van der Waals surface area (Å²) in [5.41, 5.74) is 0.660. The Bertz CT molecular complexity index is 662. The Hall–Kier alpha value is -1.89. The molecule has 2 unspecified atom stereocenters. The van der Waals surface area contributed by atoms with Gasteiger partial charge in [0.25, 0.3) is 0 Å². The van der Waals surface area contributed by atoms with Crippen molar-refractivity contribution in [2.75, 3.05) is 6.54 Å². The van der Waals surface area contributed by atoms with Crippen molar-refractivity contribution in [1.82, 2.24) is 9.42 Å². The molecule has 2 aliphatic heterocycles. The molecular formula is C11H9N5O2S2. The summed E-state index contributed by atoms with van der Waals surface area (Å²) in [5.74, 6) is -0.276. The highest BCUT2D eigenvalue weighted by Crippen LogP contribution is 2.32. The number of nitriles is 1. The Morgan fingerprint density at radius 1 is 1.60 bits per heavy atom. The van der Waals surface area contributed by atoms with Gasteiger partial charge in [-0.2, -0.15) is 9.68 Å². The molecule has 1 saturated heterocycles. The Morgan fingerprint density at radius 2 is 2.40 bits per heavy atom. The van der Waals surface area contributed by atoms with E-state index in [1.54, 1.807) is 27.8 Å². The molecule has 0 bridgehead atoms. The van der Waals surface area contributed by atoms with Crippen molar-refractivity contribution in [3.63, 3.8) is 0 Å². The second-order valence-corrected chi connectivity index (χ2v) is 5.83. The topological polar surface area (TPSA) is 85.8 Å². The average Bonchev–Trinajstić information content (AvgIpc) is 3.04. The molecule has 0 spiro atoms. The van der Waals surface area contributed by atoms with Gasteiger partial charge in [-0.15, -0.1) is 0 Å². The Kier molecular flexibility index (Phi) is 3.21. The number of hydrogen-bond donors (Lipinski definition) is 1. The SMILES string of the molecule is N#CC1CN(S)N2C=CC(c3ccc([N+](=O)[O-])s3)=NC12. The molecule has 3 rings (SSSR count). The zero-order valence-corrected chi connectivity index (χ0v) is 11.8. The third kappa shape index (κ3) is 2.07. The van der Waals surface area contributed by atoms with Gasteiger partial charge >= 0.3 is 5.00 Å². The highest BCUT2D eigenvalue weighted by Gasteiger charge is 2.39. The summed E-state index contributed by atoms with van der Waals surface area (Å²) in [6.07, 6.45) is 3.25. The van der Waals surface area contributed by atoms with E-state index >= 15 is 0 Å². The number of nitrogens with zero attached hydrogens (tertiary/aromatic N) is 5. The summed E-state index contributed by atoms with van der Waals surface area (Å²) >= 11 is 5.35. The van der Waals surface area contributed by atoms with Crippen LogP contribution in [-0.4, -0.2) is 32.8 Å². The molecule has 2 atom stereocenters. The monoisotopic (exact) mass is 307 g/mol. The van der Waals surface area contributed by atoms with E-state index in [1.807, 2.05) is 0 Å². The Labute approximate surface area is 124 Å². The lowest BCUT2D eigenvalue weighted by atomic mass is 10.1. The van der Waals surface area contributed by atoms with E-state index in [0.717, 1.165) is 16.2 Å². The third-order valence-corrected chi connectivity index (χ3v) is 4.53. The lowest BCUT2D eigenvalue weighted by Gasteiger charge is -2.27. The Morgan fingerprint density at radius 3 is 3.05 bits per heavy atom. The number of fused-ring (bicyclic) bond motifs is 1. The molecule has 1 fully saturated rings. The van der Waals surface area contributed by atoms with Crippen LogP contribution in [-0.2, 0) is 0 Å². The molecule has 0 saturated carbocycles. The summed E-state index contributed by atoms with van der Waals surface area (Å²) in [6, 6.07) is 5.35. The first-order valence-electron chi connectivity index (χ1n) is 5.75. The maximum absolute atomic E-state index is 10.7. The normalized spacial score (nSPS) is 25.2. The van der Waals surface area contributed by atoms with Crippen molar-refractivity contribution < 1.29 is 4.92 Å². The van der Waals surface area contributed by atoms with Crippen LogP contribution in [0.15, 0.2) is 29.4 Å². The quantitative estimate of drug-likeness (QED) is 0.511. The lowest BCUT2D eigenvalue weighted by molar-refractivity contribution is -0.380. The molecule has 0 aliphatic carbocycles. The standard InChI is InChI=1S/C11H9N5O2S2/c12-5-7-6-15(19)14-4-3-8(13-11(7)14)9-1-2-10(20-9)16(17)18/h1-4,7,11,19H,6H2. The summed E-state index contributed by atoms with van der Waals surface area (Å²) < 4.78 is 1.65. The van der Waals surface area contributed by atoms with Gasteiger partial charge in [-0.1, -0.05) is 24.2 Å². The van der Waals surface area contributed by atoms with Crippen LogP contribution in [0.1, 0.15) is 4.88 Å². The fourth-order valence-corrected chi connectivity index (χ4v) is 3.29. The molecule has 7 nitrogen and oxygen atoms in total. The summed E-state index contributed by atoms with van der Waals surface area (Å²) in [5, 5.41) is 21.7. The molecule has 0 amide bonds. The van der Waals surface area contributed by atoms with Crippen molar-refractivity contribution in [1.29, 1.82) is 5.26 Å². The maximum atomic E-state index is 10.7. The number of aliphatic imine (C=N–C) groups is 1. The van der Waals surface area contributed by atoms with E-state index in [2.05, 4.69) is 23.9 Å². The molecule has 102 valence electrons.